The van der Waals surface area contributed by atoms with Crippen LogP contribution in [0.25, 0.3) is 0 Å². The molecule has 2 aliphatic heterocycles. The van der Waals surface area contributed by atoms with Gasteiger partial charge in [0.25, 0.3) is 12.0 Å². The van der Waals surface area contributed by atoms with Gasteiger partial charge < -0.3 is 14.4 Å². The molecular weight excluding hydrogens is 448 g/mol. The molecule has 5 atom stereocenters. The van der Waals surface area contributed by atoms with Crippen molar-refractivity contribution in [1.82, 2.24) is 9.55 Å². The molecule has 1 aromatic carbocycles. The summed E-state index contributed by atoms with van der Waals surface area (Å²) in [4.78, 5) is 24.9. The minimum atomic E-state index is -4.40. The number of alkyl halides is 3. The van der Waals surface area contributed by atoms with E-state index in [2.05, 4.69) is 0 Å². The van der Waals surface area contributed by atoms with E-state index in [1.807, 2.05) is 4.98 Å². The van der Waals surface area contributed by atoms with Crippen molar-refractivity contribution in [2.75, 3.05) is 6.61 Å². The lowest BCUT2D eigenvalue weighted by Gasteiger charge is -2.32. The number of rotatable bonds is 5. The molecule has 0 amide bonds. The Bertz CT molecular complexity index is 1140. The van der Waals surface area contributed by atoms with Crippen LogP contribution in [-0.2, 0) is 25.0 Å². The summed E-state index contributed by atoms with van der Waals surface area (Å²) in [6.45, 7) is -1.47. The Labute approximate surface area is 171 Å². The van der Waals surface area contributed by atoms with Gasteiger partial charge in [-0.1, -0.05) is 18.2 Å². The van der Waals surface area contributed by atoms with Crippen molar-refractivity contribution in [3.05, 3.63) is 62.9 Å². The van der Waals surface area contributed by atoms with Crippen molar-refractivity contribution in [2.45, 2.75) is 37.1 Å². The molecule has 0 saturated carbocycles. The van der Waals surface area contributed by atoms with Crippen molar-refractivity contribution < 1.29 is 41.2 Å². The van der Waals surface area contributed by atoms with Crippen molar-refractivity contribution in [3.8, 4) is 5.75 Å². The molecule has 0 radical (unpaired) electrons. The number of ether oxygens (including phenoxy) is 1. The molecule has 1 unspecified atom stereocenters. The first-order chi connectivity index (χ1) is 14.7. The van der Waals surface area contributed by atoms with Crippen LogP contribution in [0.15, 0.2) is 46.1 Å². The number of halogens is 3. The molecule has 3 heterocycles. The normalized spacial score (nSPS) is 32.6. The first-order valence-corrected chi connectivity index (χ1v) is 10.4. The quantitative estimate of drug-likeness (QED) is 0.638. The number of hydrogen-bond donors (Lipinski definition) is 2. The summed E-state index contributed by atoms with van der Waals surface area (Å²) in [6.07, 6.45) is -9.67. The van der Waals surface area contributed by atoms with Crippen molar-refractivity contribution >= 4 is 7.82 Å². The second-order valence-electron chi connectivity index (χ2n) is 6.86. The first kappa shape index (κ1) is 21.8. The third kappa shape index (κ3) is 3.83. The van der Waals surface area contributed by atoms with Crippen LogP contribution in [0.4, 0.5) is 13.2 Å². The monoisotopic (exact) mass is 464 g/mol. The zero-order valence-electron chi connectivity index (χ0n) is 15.5. The summed E-state index contributed by atoms with van der Waals surface area (Å²) in [6, 6.07) is 7.20. The van der Waals surface area contributed by atoms with Gasteiger partial charge in [0.2, 0.25) is 0 Å². The Morgan fingerprint density at radius 2 is 2.06 bits per heavy atom. The van der Waals surface area contributed by atoms with Crippen LogP contribution < -0.4 is 15.8 Å². The van der Waals surface area contributed by atoms with Gasteiger partial charge in [0, 0.05) is 17.8 Å². The largest absolute Gasteiger partial charge is 0.530 e. The van der Waals surface area contributed by atoms with Gasteiger partial charge in [-0.05, 0) is 6.07 Å². The van der Waals surface area contributed by atoms with E-state index in [0.717, 1.165) is 12.3 Å². The minimum Gasteiger partial charge on any atom is -0.404 e. The molecule has 2 N–H and O–H groups in total. The summed E-state index contributed by atoms with van der Waals surface area (Å²) >= 11 is 0. The summed E-state index contributed by atoms with van der Waals surface area (Å²) in [5, 5.41) is 10.2. The number of aromatic amines is 1. The Kier molecular flexibility index (Phi) is 5.56. The molecule has 0 spiro atoms. The zero-order chi connectivity index (χ0) is 22.4. The highest BCUT2D eigenvalue weighted by Gasteiger charge is 2.62. The first-order valence-electron chi connectivity index (χ1n) is 8.91. The van der Waals surface area contributed by atoms with Crippen LogP contribution >= 0.6 is 7.82 Å². The SMILES string of the molecule is O=c1ccn([C@@H]2O[C@@](COP3(=O)OCc4ccccc4O3)(C(F)F)[C@@H](O)[C@@H]2F)c(=O)[nH]1. The summed E-state index contributed by atoms with van der Waals surface area (Å²) in [5.74, 6) is 0.150. The van der Waals surface area contributed by atoms with Gasteiger partial charge in [-0.15, -0.1) is 0 Å². The molecule has 2 aromatic rings. The second kappa shape index (κ2) is 7.92. The fraction of sp³-hybridized carbons (Fsp3) is 0.412. The van der Waals surface area contributed by atoms with Crippen LogP contribution in [0.5, 0.6) is 5.75 Å². The number of aliphatic hydroxyl groups is 1. The highest BCUT2D eigenvalue weighted by Crippen LogP contribution is 2.56. The van der Waals surface area contributed by atoms with Crippen LogP contribution in [0.3, 0.4) is 0 Å². The van der Waals surface area contributed by atoms with E-state index >= 15 is 0 Å². The lowest BCUT2D eigenvalue weighted by atomic mass is 9.97. The number of phosphoric acid groups is 1. The third-order valence-corrected chi connectivity index (χ3v) is 6.23. The predicted octanol–water partition coefficient (Wildman–Crippen LogP) is 1.50. The summed E-state index contributed by atoms with van der Waals surface area (Å²) < 4.78 is 76.0. The van der Waals surface area contributed by atoms with Crippen LogP contribution in [0, 0.1) is 0 Å². The zero-order valence-corrected chi connectivity index (χ0v) is 16.4. The van der Waals surface area contributed by atoms with Crippen LogP contribution in [0.1, 0.15) is 11.8 Å². The van der Waals surface area contributed by atoms with E-state index in [0.29, 0.717) is 10.1 Å². The Balaban J connectivity index is 1.58. The maximum absolute atomic E-state index is 14.7. The fourth-order valence-corrected chi connectivity index (χ4v) is 4.49. The second-order valence-corrected chi connectivity index (χ2v) is 8.46. The number of benzene rings is 1. The van der Waals surface area contributed by atoms with E-state index in [-0.39, 0.29) is 12.4 Å². The van der Waals surface area contributed by atoms with Crippen LogP contribution in [-0.4, -0.2) is 45.6 Å². The molecular formula is C17H16F3N2O8P. The average molecular weight is 464 g/mol. The molecule has 2 aliphatic rings. The maximum atomic E-state index is 14.7. The fourth-order valence-electron chi connectivity index (χ4n) is 3.24. The lowest BCUT2D eigenvalue weighted by molar-refractivity contribution is -0.194. The number of H-pyrrole nitrogens is 1. The molecule has 1 saturated heterocycles. The molecule has 1 fully saturated rings. The molecule has 4 rings (SSSR count). The van der Waals surface area contributed by atoms with Gasteiger partial charge >= 0.3 is 13.5 Å². The smallest absolute Gasteiger partial charge is 0.404 e. The highest BCUT2D eigenvalue weighted by atomic mass is 31.2. The van der Waals surface area contributed by atoms with Gasteiger partial charge in [-0.25, -0.2) is 22.5 Å². The van der Waals surface area contributed by atoms with Crippen molar-refractivity contribution in [1.29, 1.82) is 0 Å². The molecule has 0 aliphatic carbocycles. The van der Waals surface area contributed by atoms with E-state index in [1.54, 1.807) is 18.2 Å². The Hall–Kier alpha value is -2.44. The average Bonchev–Trinajstić information content (AvgIpc) is 2.98. The van der Waals surface area contributed by atoms with Gasteiger partial charge in [0.15, 0.2) is 18.0 Å². The third-order valence-electron chi connectivity index (χ3n) is 4.92. The highest BCUT2D eigenvalue weighted by molar-refractivity contribution is 7.49. The van der Waals surface area contributed by atoms with E-state index in [9.17, 15) is 32.4 Å². The van der Waals surface area contributed by atoms with E-state index in [1.165, 1.54) is 6.07 Å². The van der Waals surface area contributed by atoms with Gasteiger partial charge in [-0.2, -0.15) is 0 Å². The van der Waals surface area contributed by atoms with Gasteiger partial charge in [0.05, 0.1) is 13.2 Å². The molecule has 0 bridgehead atoms. The van der Waals surface area contributed by atoms with Gasteiger partial charge in [0.1, 0.15) is 11.9 Å². The number of hydrogen-bond acceptors (Lipinski definition) is 8. The molecule has 14 heteroatoms. The van der Waals surface area contributed by atoms with E-state index < -0.39 is 56.2 Å². The number of para-hydroxylation sites is 1. The summed E-state index contributed by atoms with van der Waals surface area (Å²) in [7, 11) is -4.40. The molecule has 1 aromatic heterocycles. The number of aliphatic hydroxyl groups excluding tert-OH is 1. The number of phosphoric ester groups is 1. The number of fused-ring (bicyclic) bond motifs is 1. The maximum Gasteiger partial charge on any atom is 0.530 e. The molecule has 10 nitrogen and oxygen atoms in total. The van der Waals surface area contributed by atoms with Crippen molar-refractivity contribution in [3.63, 3.8) is 0 Å². The molecule has 31 heavy (non-hydrogen) atoms. The summed E-state index contributed by atoms with van der Waals surface area (Å²) in [5.41, 5.74) is -4.40. The lowest BCUT2D eigenvalue weighted by Crippen LogP contribution is -2.52. The predicted molar refractivity (Wildman–Crippen MR) is 96.5 cm³/mol. The number of nitrogens with zero attached hydrogens (tertiary/aromatic N) is 1. The standard InChI is InChI=1S/C17H16F3N2O8P/c18-12-13(24)17(15(19)20,29-14(12)22-6-5-11(23)21-16(22)25)8-28-31(26)27-7-9-3-1-2-4-10(9)30-31/h1-6,12-15,24H,7-8H2,(H,21,23,25)/t12-,13-,14+,17+,31?/m0/s1. The Morgan fingerprint density at radius 1 is 1.32 bits per heavy atom. The van der Waals surface area contributed by atoms with Crippen molar-refractivity contribution in [2.24, 2.45) is 0 Å². The van der Waals surface area contributed by atoms with Gasteiger partial charge in [-0.3, -0.25) is 23.4 Å². The Morgan fingerprint density at radius 3 is 2.77 bits per heavy atom. The van der Waals surface area contributed by atoms with E-state index in [4.69, 9.17) is 18.3 Å². The number of aromatic nitrogens is 2. The van der Waals surface area contributed by atoms with Crippen LogP contribution in [0.2, 0.25) is 0 Å². The number of nitrogens with one attached hydrogen (secondary N) is 1. The molecule has 168 valence electrons. The topological polar surface area (TPSA) is 129 Å². The minimum absolute atomic E-state index is 0.150.